The first kappa shape index (κ1) is 14.9. The summed E-state index contributed by atoms with van der Waals surface area (Å²) in [6, 6.07) is 8.68. The molecule has 0 saturated carbocycles. The van der Waals surface area contributed by atoms with Gasteiger partial charge in [-0.05, 0) is 30.7 Å². The number of carbonyl (C=O) groups excluding carboxylic acids is 1. The third-order valence-corrected chi connectivity index (χ3v) is 4.66. The zero-order valence-electron chi connectivity index (χ0n) is 12.5. The average Bonchev–Trinajstić information content (AvgIpc) is 2.89. The number of rotatable bonds is 2. The first-order valence-electron chi connectivity index (χ1n) is 6.77. The fraction of sp³-hybridized carbons (Fsp3) is 0.125. The lowest BCUT2D eigenvalue weighted by molar-refractivity contribution is 0.103. The number of hydrogen-bond acceptors (Lipinski definition) is 5. The van der Waals surface area contributed by atoms with Crippen molar-refractivity contribution in [3.8, 4) is 6.07 Å². The molecule has 0 aliphatic heterocycles. The van der Waals surface area contributed by atoms with E-state index in [4.69, 9.17) is 5.26 Å². The van der Waals surface area contributed by atoms with Gasteiger partial charge in [0, 0.05) is 12.7 Å². The van der Waals surface area contributed by atoms with E-state index < -0.39 is 0 Å². The molecular weight excluding hydrogens is 312 g/mol. The predicted molar refractivity (Wildman–Crippen MR) is 88.7 cm³/mol. The van der Waals surface area contributed by atoms with Crippen LogP contribution in [0.3, 0.4) is 0 Å². The first-order chi connectivity index (χ1) is 11.0. The van der Waals surface area contributed by atoms with Crippen LogP contribution >= 0.6 is 11.3 Å². The number of anilines is 1. The van der Waals surface area contributed by atoms with Crippen LogP contribution < -0.4 is 10.9 Å². The van der Waals surface area contributed by atoms with Gasteiger partial charge < -0.3 is 9.88 Å². The SMILES string of the molecule is Cc1c(C(=O)Nc2cccc(C#N)c2)sc2ncn(C)c(=O)c12. The van der Waals surface area contributed by atoms with Gasteiger partial charge in [-0.3, -0.25) is 9.59 Å². The van der Waals surface area contributed by atoms with E-state index in [0.29, 0.717) is 31.9 Å². The summed E-state index contributed by atoms with van der Waals surface area (Å²) in [4.78, 5) is 29.9. The first-order valence-corrected chi connectivity index (χ1v) is 7.59. The van der Waals surface area contributed by atoms with E-state index in [2.05, 4.69) is 10.3 Å². The maximum absolute atomic E-state index is 12.5. The minimum absolute atomic E-state index is 0.172. The van der Waals surface area contributed by atoms with Crippen molar-refractivity contribution in [3.05, 3.63) is 57.0 Å². The lowest BCUT2D eigenvalue weighted by atomic mass is 10.2. The number of amides is 1. The third kappa shape index (κ3) is 2.60. The monoisotopic (exact) mass is 324 g/mol. The molecule has 0 radical (unpaired) electrons. The number of fused-ring (bicyclic) bond motifs is 1. The molecule has 0 spiro atoms. The third-order valence-electron chi connectivity index (χ3n) is 3.47. The van der Waals surface area contributed by atoms with E-state index >= 15 is 0 Å². The Hall–Kier alpha value is -2.98. The summed E-state index contributed by atoms with van der Waals surface area (Å²) < 4.78 is 1.39. The zero-order chi connectivity index (χ0) is 16.6. The minimum Gasteiger partial charge on any atom is -0.321 e. The number of nitrogens with one attached hydrogen (secondary N) is 1. The van der Waals surface area contributed by atoms with Crippen molar-refractivity contribution in [1.29, 1.82) is 5.26 Å². The van der Waals surface area contributed by atoms with Crippen LogP contribution in [0, 0.1) is 18.3 Å². The highest BCUT2D eigenvalue weighted by molar-refractivity contribution is 7.20. The smallest absolute Gasteiger partial charge is 0.266 e. The Morgan fingerprint density at radius 2 is 2.22 bits per heavy atom. The molecular formula is C16H12N4O2S. The standard InChI is InChI=1S/C16H12N4O2S/c1-9-12-15(18-8-20(2)16(12)22)23-13(9)14(21)19-11-5-3-4-10(6-11)7-17/h3-6,8H,1-2H3,(H,19,21). The van der Waals surface area contributed by atoms with Crippen LogP contribution in [-0.2, 0) is 7.05 Å². The molecule has 0 aliphatic rings. The number of hydrogen-bond donors (Lipinski definition) is 1. The van der Waals surface area contributed by atoms with Crippen molar-refractivity contribution in [2.45, 2.75) is 6.92 Å². The molecule has 23 heavy (non-hydrogen) atoms. The summed E-state index contributed by atoms with van der Waals surface area (Å²) in [7, 11) is 1.62. The van der Waals surface area contributed by atoms with Crippen molar-refractivity contribution in [1.82, 2.24) is 9.55 Å². The summed E-state index contributed by atoms with van der Waals surface area (Å²) >= 11 is 1.18. The summed E-state index contributed by atoms with van der Waals surface area (Å²) in [6.07, 6.45) is 1.44. The van der Waals surface area contributed by atoms with Gasteiger partial charge in [-0.25, -0.2) is 4.98 Å². The fourth-order valence-corrected chi connectivity index (χ4v) is 3.31. The van der Waals surface area contributed by atoms with Crippen LogP contribution in [0.1, 0.15) is 20.8 Å². The second kappa shape index (κ2) is 5.66. The molecule has 0 bridgehead atoms. The van der Waals surface area contributed by atoms with Gasteiger partial charge in [0.05, 0.1) is 28.2 Å². The summed E-state index contributed by atoms with van der Waals surface area (Å²) in [6.45, 7) is 1.74. The highest BCUT2D eigenvalue weighted by Crippen LogP contribution is 2.27. The summed E-state index contributed by atoms with van der Waals surface area (Å²) in [5.41, 5.74) is 1.44. The molecule has 7 heteroatoms. The second-order valence-electron chi connectivity index (χ2n) is 5.04. The molecule has 2 aromatic heterocycles. The normalized spacial score (nSPS) is 10.5. The van der Waals surface area contributed by atoms with Crippen molar-refractivity contribution in [3.63, 3.8) is 0 Å². The lowest BCUT2D eigenvalue weighted by Crippen LogP contribution is -2.17. The molecule has 0 atom stereocenters. The van der Waals surface area contributed by atoms with Gasteiger partial charge in [0.1, 0.15) is 4.83 Å². The Morgan fingerprint density at radius 1 is 1.43 bits per heavy atom. The van der Waals surface area contributed by atoms with E-state index in [0.717, 1.165) is 0 Å². The number of thiophene rings is 1. The Kier molecular flexibility index (Phi) is 3.68. The molecule has 6 nitrogen and oxygen atoms in total. The predicted octanol–water partition coefficient (Wildman–Crippen LogP) is 2.43. The molecule has 2 heterocycles. The van der Waals surface area contributed by atoms with Crippen LogP contribution in [0.15, 0.2) is 35.4 Å². The van der Waals surface area contributed by atoms with E-state index in [1.54, 1.807) is 38.2 Å². The number of benzene rings is 1. The molecule has 3 aromatic rings. The minimum atomic E-state index is -0.317. The molecule has 0 aliphatic carbocycles. The van der Waals surface area contributed by atoms with Crippen LogP contribution in [0.2, 0.25) is 0 Å². The van der Waals surface area contributed by atoms with E-state index in [1.165, 1.54) is 22.2 Å². The topological polar surface area (TPSA) is 87.8 Å². The average molecular weight is 324 g/mol. The number of aryl methyl sites for hydroxylation is 2. The number of aromatic nitrogens is 2. The Morgan fingerprint density at radius 3 is 2.96 bits per heavy atom. The highest BCUT2D eigenvalue weighted by Gasteiger charge is 2.19. The van der Waals surface area contributed by atoms with Crippen LogP contribution in [0.4, 0.5) is 5.69 Å². The van der Waals surface area contributed by atoms with Crippen molar-refractivity contribution in [2.24, 2.45) is 7.05 Å². The van der Waals surface area contributed by atoms with Crippen LogP contribution in [0.5, 0.6) is 0 Å². The number of nitrogens with zero attached hydrogens (tertiary/aromatic N) is 3. The van der Waals surface area contributed by atoms with Gasteiger partial charge in [-0.15, -0.1) is 11.3 Å². The van der Waals surface area contributed by atoms with Crippen LogP contribution in [-0.4, -0.2) is 15.5 Å². The maximum Gasteiger partial charge on any atom is 0.266 e. The summed E-state index contributed by atoms with van der Waals surface area (Å²) in [5, 5.41) is 12.1. The lowest BCUT2D eigenvalue weighted by Gasteiger charge is -2.04. The van der Waals surface area contributed by atoms with Crippen molar-refractivity contribution in [2.75, 3.05) is 5.32 Å². The second-order valence-corrected chi connectivity index (χ2v) is 6.04. The van der Waals surface area contributed by atoms with Crippen molar-refractivity contribution >= 4 is 33.1 Å². The van der Waals surface area contributed by atoms with Crippen molar-refractivity contribution < 1.29 is 4.79 Å². The molecule has 3 rings (SSSR count). The highest BCUT2D eigenvalue weighted by atomic mass is 32.1. The molecule has 0 saturated heterocycles. The van der Waals surface area contributed by atoms with Gasteiger partial charge in [0.25, 0.3) is 11.5 Å². The van der Waals surface area contributed by atoms with E-state index in [-0.39, 0.29) is 11.5 Å². The number of carbonyl (C=O) groups is 1. The summed E-state index contributed by atoms with van der Waals surface area (Å²) in [5.74, 6) is -0.317. The molecule has 114 valence electrons. The Labute approximate surface area is 135 Å². The molecule has 1 aromatic carbocycles. The van der Waals surface area contributed by atoms with Gasteiger partial charge in [0.2, 0.25) is 0 Å². The fourth-order valence-electron chi connectivity index (χ4n) is 2.28. The quantitative estimate of drug-likeness (QED) is 0.784. The van der Waals surface area contributed by atoms with E-state index in [1.807, 2.05) is 6.07 Å². The zero-order valence-corrected chi connectivity index (χ0v) is 13.3. The molecule has 0 unspecified atom stereocenters. The van der Waals surface area contributed by atoms with Crippen LogP contribution in [0.25, 0.3) is 10.2 Å². The molecule has 1 amide bonds. The molecule has 0 fully saturated rings. The largest absolute Gasteiger partial charge is 0.321 e. The Bertz CT molecular complexity index is 1030. The Balaban J connectivity index is 2.01. The van der Waals surface area contributed by atoms with Gasteiger partial charge in [-0.2, -0.15) is 5.26 Å². The maximum atomic E-state index is 12.5. The molecule has 1 N–H and O–H groups in total. The van der Waals surface area contributed by atoms with Gasteiger partial charge in [0.15, 0.2) is 0 Å². The van der Waals surface area contributed by atoms with Gasteiger partial charge >= 0.3 is 0 Å². The van der Waals surface area contributed by atoms with E-state index in [9.17, 15) is 9.59 Å². The van der Waals surface area contributed by atoms with Gasteiger partial charge in [-0.1, -0.05) is 6.07 Å². The number of nitriles is 1.